The molecule has 5 heteroatoms. The van der Waals surface area contributed by atoms with Gasteiger partial charge in [0.2, 0.25) is 0 Å². The van der Waals surface area contributed by atoms with Crippen LogP contribution in [0.1, 0.15) is 8.35 Å². The number of carboxylic acid groups (broad SMARTS) is 1. The number of carbonyl (C=O) groups excluding carboxylic acids is 1. The first kappa shape index (κ1) is 22.5. The molecule has 0 aromatic carbocycles. The molecule has 0 saturated carbocycles. The van der Waals surface area contributed by atoms with Gasteiger partial charge in [-0.25, -0.2) is 0 Å². The van der Waals surface area contributed by atoms with E-state index in [1.54, 1.807) is 0 Å². The molecule has 0 amide bonds. The molecule has 0 aliphatic heterocycles. The summed E-state index contributed by atoms with van der Waals surface area (Å²) in [6.07, 6.45) is 6.15. The average Bonchev–Trinajstić information content (AvgIpc) is 1.33. The van der Waals surface area contributed by atoms with Crippen molar-refractivity contribution < 1.29 is 71.8 Å². The molecule has 3 nitrogen and oxygen atoms in total. The standard InChI is InChI=1S/C2H4O2.C2O.2Hg.H2/c1-2(3)4;1-2-3;;;/h1H3,(H,3,4);;;;1H/q;;;+1;/p-1. The Morgan fingerprint density at radius 2 is 1.78 bits per heavy atom. The van der Waals surface area contributed by atoms with Crippen LogP contribution < -0.4 is 10.2 Å². The second kappa shape index (κ2) is 23.1. The maximum absolute atomic E-state index is 8.89. The van der Waals surface area contributed by atoms with E-state index in [1.807, 2.05) is 0 Å². The van der Waals surface area contributed by atoms with Crippen LogP contribution in [0.15, 0.2) is 0 Å². The maximum atomic E-state index is 8.89. The van der Waals surface area contributed by atoms with E-state index >= 15 is 0 Å². The predicted molar refractivity (Wildman–Crippen MR) is 19.9 cm³/mol. The minimum Gasteiger partial charge on any atom is 0 e. The summed E-state index contributed by atoms with van der Waals surface area (Å²) in [5, 5.41) is 17.2. The molecule has 0 heterocycles. The van der Waals surface area contributed by atoms with Crippen molar-refractivity contribution in [1.82, 2.24) is 0 Å². The molecule has 0 aromatic rings. The maximum Gasteiger partial charge on any atom is 1.00 e. The van der Waals surface area contributed by atoms with Crippen LogP contribution >= 0.6 is 0 Å². The Labute approximate surface area is 96.3 Å². The molecule has 0 unspecified atom stereocenters. The summed E-state index contributed by atoms with van der Waals surface area (Å²) < 4.78 is 0. The Balaban J connectivity index is -0.0000000131. The van der Waals surface area contributed by atoms with Crippen LogP contribution in [-0.4, -0.2) is 5.97 Å². The summed E-state index contributed by atoms with van der Waals surface area (Å²) in [5.41, 5.74) is 0. The van der Waals surface area contributed by atoms with Gasteiger partial charge in [0.1, 0.15) is 0 Å². The third kappa shape index (κ3) is 505. The largest absolute Gasteiger partial charge is 1.00 e. The van der Waals surface area contributed by atoms with Crippen molar-refractivity contribution in [3.63, 3.8) is 0 Å². The fourth-order valence-electron chi connectivity index (χ4n) is 0. The van der Waals surface area contributed by atoms with E-state index in [4.69, 9.17) is 21.4 Å². The molecule has 43 valence electrons. The Morgan fingerprint density at radius 1 is 1.78 bits per heavy atom. The van der Waals surface area contributed by atoms with Gasteiger partial charge in [0.05, 0.1) is 0 Å². The first-order valence-corrected chi connectivity index (χ1v) is 1.36. The van der Waals surface area contributed by atoms with E-state index in [-0.39, 0.29) is 56.8 Å². The van der Waals surface area contributed by atoms with Gasteiger partial charge in [-0.15, -0.1) is 0 Å². The Bertz CT molecular complexity index is 87.0. The molecule has 0 rings (SSSR count). The van der Waals surface area contributed by atoms with Crippen LogP contribution in [-0.2, 0) is 60.1 Å². The summed E-state index contributed by atoms with van der Waals surface area (Å²) in [6, 6.07) is 0. The first-order chi connectivity index (χ1) is 3.15. The van der Waals surface area contributed by atoms with Crippen LogP contribution in [0.4, 0.5) is 0 Å². The molecule has 0 aromatic heterocycles. The number of rotatable bonds is 0. The molecule has 0 N–H and O–H groups in total. The number of aliphatic carboxylic acids is 1. The third-order valence-electron chi connectivity index (χ3n) is 0. The summed E-state index contributed by atoms with van der Waals surface area (Å²) in [7, 11) is 0. The minimum absolute atomic E-state index is 0. The van der Waals surface area contributed by atoms with Gasteiger partial charge in [-0.05, 0) is 6.92 Å². The van der Waals surface area contributed by atoms with Crippen LogP contribution in [0.25, 0.3) is 0 Å². The monoisotopic (exact) mass is 505 g/mol. The van der Waals surface area contributed by atoms with Gasteiger partial charge in [-0.2, -0.15) is 0 Å². The van der Waals surface area contributed by atoms with Crippen molar-refractivity contribution in [2.45, 2.75) is 6.92 Å². The molecule has 0 atom stereocenters. The number of carboxylic acids is 1. The van der Waals surface area contributed by atoms with Crippen LogP contribution in [0.2, 0.25) is 0 Å². The van der Waals surface area contributed by atoms with Crippen LogP contribution in [0, 0.1) is 12.5 Å². The van der Waals surface area contributed by atoms with E-state index < -0.39 is 5.97 Å². The van der Waals surface area contributed by atoms with Crippen LogP contribution in [0.5, 0.6) is 0 Å². The minimum atomic E-state index is -1.08. The Morgan fingerprint density at radius 3 is 1.78 bits per heavy atom. The fourth-order valence-corrected chi connectivity index (χ4v) is 0. The van der Waals surface area contributed by atoms with Gasteiger partial charge >= 0.3 is 45.3 Å². The quantitative estimate of drug-likeness (QED) is 0.217. The summed E-state index contributed by atoms with van der Waals surface area (Å²) in [6.45, 7) is 0.972. The summed E-state index contributed by atoms with van der Waals surface area (Å²) in [5.74, 6) is -1.08. The van der Waals surface area contributed by atoms with E-state index in [9.17, 15) is 0 Å². The molecule has 0 aliphatic carbocycles. The Hall–Kier alpha value is 0.920. The van der Waals surface area contributed by atoms with E-state index in [0.717, 1.165) is 13.0 Å². The van der Waals surface area contributed by atoms with Gasteiger partial charge in [-0.1, -0.05) is 0 Å². The zero-order valence-electron chi connectivity index (χ0n) is 5.14. The Kier molecular flexibility index (Phi) is 57.8. The zero-order chi connectivity index (χ0) is 6.28. The van der Waals surface area contributed by atoms with Gasteiger partial charge in [0.15, 0.2) is 0 Å². The van der Waals surface area contributed by atoms with Crippen molar-refractivity contribution in [1.29, 1.82) is 0 Å². The molecular formula is C4H5Hg2O3. The van der Waals surface area contributed by atoms with E-state index in [0.29, 0.717) is 0 Å². The van der Waals surface area contributed by atoms with Crippen molar-refractivity contribution in [2.75, 3.05) is 0 Å². The number of hydrogen-bond donors (Lipinski definition) is 0. The van der Waals surface area contributed by atoms with Gasteiger partial charge < -0.3 is 9.90 Å². The number of carbonyl (C=O) groups is 1. The predicted octanol–water partition coefficient (Wildman–Crippen LogP) is -2.11. The van der Waals surface area contributed by atoms with E-state index in [1.165, 1.54) is 0 Å². The van der Waals surface area contributed by atoms with Crippen molar-refractivity contribution >= 4 is 5.97 Å². The summed E-state index contributed by atoms with van der Waals surface area (Å²) in [4.78, 5) is 8.89. The zero-order valence-corrected chi connectivity index (χ0v) is 16.1. The van der Waals surface area contributed by atoms with Crippen molar-refractivity contribution in [3.8, 4) is 6.11 Å². The summed E-state index contributed by atoms with van der Waals surface area (Å²) >= 11 is 0. The molecule has 0 spiro atoms. The molecule has 1 radical (unpaired) electrons. The SMILES string of the molecule is CC(=O)[O-].[C+]#C[O-].[HH].[Hg+].[Hg]. The molecular weight excluding hydrogens is 497 g/mol. The van der Waals surface area contributed by atoms with Crippen molar-refractivity contribution in [3.05, 3.63) is 6.42 Å². The molecule has 0 fully saturated rings. The van der Waals surface area contributed by atoms with Crippen LogP contribution in [0.3, 0.4) is 0 Å². The van der Waals surface area contributed by atoms with Crippen molar-refractivity contribution in [2.24, 2.45) is 0 Å². The third-order valence-corrected chi connectivity index (χ3v) is 0. The molecule has 0 bridgehead atoms. The second-order valence-corrected chi connectivity index (χ2v) is 0.594. The second-order valence-electron chi connectivity index (χ2n) is 0.594. The smallest absolute Gasteiger partial charge is 0 e. The molecule has 0 aliphatic rings. The molecule has 0 saturated heterocycles. The van der Waals surface area contributed by atoms with Gasteiger partial charge in [-0.3, -0.25) is 0 Å². The molecule has 9 heavy (non-hydrogen) atoms. The van der Waals surface area contributed by atoms with E-state index in [2.05, 4.69) is 0 Å². The van der Waals surface area contributed by atoms with Gasteiger partial charge in [0.25, 0.3) is 0 Å². The first-order valence-electron chi connectivity index (χ1n) is 1.36. The topological polar surface area (TPSA) is 63.2 Å². The normalized spacial score (nSPS) is 3.89. The van der Waals surface area contributed by atoms with Gasteiger partial charge in [0, 0.05) is 35.1 Å². The number of hydrogen-bond acceptors (Lipinski definition) is 3. The fraction of sp³-hybridized carbons (Fsp3) is 0.250. The average molecular weight is 502 g/mol.